The van der Waals surface area contributed by atoms with Gasteiger partial charge in [0.15, 0.2) is 0 Å². The molecule has 3 atom stereocenters. The van der Waals surface area contributed by atoms with Crippen LogP contribution < -0.4 is 0 Å². The number of rotatable bonds is 1. The number of aliphatic hydroxyl groups is 1. The average Bonchev–Trinajstić information content (AvgIpc) is 2.18. The Labute approximate surface area is 78.6 Å². The van der Waals surface area contributed by atoms with E-state index in [0.717, 1.165) is 44.0 Å². The fourth-order valence-electron chi connectivity index (χ4n) is 2.67. The predicted octanol–water partition coefficient (Wildman–Crippen LogP) is 1.68. The van der Waals surface area contributed by atoms with Crippen LogP contribution in [-0.2, 0) is 4.79 Å². The van der Waals surface area contributed by atoms with Crippen LogP contribution in [0.1, 0.15) is 32.1 Å². The summed E-state index contributed by atoms with van der Waals surface area (Å²) >= 11 is 0. The standard InChI is InChI=1S/C11H16O2/c12-7-8-3-1-5-10-9(8)4-2-6-11(10)13/h5,7-9,11,13H,1-4,6H2/t8-,9+,11+/m0/s1. The van der Waals surface area contributed by atoms with Crippen LogP contribution in [-0.4, -0.2) is 17.5 Å². The normalized spacial score (nSPS) is 39.2. The zero-order chi connectivity index (χ0) is 9.26. The van der Waals surface area contributed by atoms with Crippen LogP contribution in [0.15, 0.2) is 11.6 Å². The third-order valence-electron chi connectivity index (χ3n) is 3.38. The second kappa shape index (κ2) is 3.62. The zero-order valence-corrected chi connectivity index (χ0v) is 7.78. The smallest absolute Gasteiger partial charge is 0.123 e. The van der Waals surface area contributed by atoms with Crippen LogP contribution in [0, 0.1) is 11.8 Å². The molecule has 0 amide bonds. The SMILES string of the molecule is O=C[C@@H]1CCC=C2[C@H](O)CCC[C@@H]21. The van der Waals surface area contributed by atoms with Gasteiger partial charge in [0.1, 0.15) is 6.29 Å². The lowest BCUT2D eigenvalue weighted by molar-refractivity contribution is -0.112. The van der Waals surface area contributed by atoms with Crippen LogP contribution in [0.2, 0.25) is 0 Å². The largest absolute Gasteiger partial charge is 0.389 e. The van der Waals surface area contributed by atoms with Gasteiger partial charge < -0.3 is 9.90 Å². The Kier molecular flexibility index (Phi) is 2.49. The highest BCUT2D eigenvalue weighted by Gasteiger charge is 2.33. The lowest BCUT2D eigenvalue weighted by Gasteiger charge is -2.36. The summed E-state index contributed by atoms with van der Waals surface area (Å²) in [5, 5.41) is 9.73. The van der Waals surface area contributed by atoms with Crippen molar-refractivity contribution in [1.82, 2.24) is 0 Å². The summed E-state index contributed by atoms with van der Waals surface area (Å²) in [6.45, 7) is 0. The molecule has 0 aromatic carbocycles. The minimum Gasteiger partial charge on any atom is -0.389 e. The van der Waals surface area contributed by atoms with Crippen molar-refractivity contribution in [3.8, 4) is 0 Å². The third kappa shape index (κ3) is 1.55. The van der Waals surface area contributed by atoms with E-state index in [0.29, 0.717) is 5.92 Å². The highest BCUT2D eigenvalue weighted by Crippen LogP contribution is 2.39. The predicted molar refractivity (Wildman–Crippen MR) is 50.2 cm³/mol. The lowest BCUT2D eigenvalue weighted by atomic mass is 9.71. The molecule has 13 heavy (non-hydrogen) atoms. The number of hydrogen-bond donors (Lipinski definition) is 1. The summed E-state index contributed by atoms with van der Waals surface area (Å²) in [6, 6.07) is 0. The molecule has 2 rings (SSSR count). The van der Waals surface area contributed by atoms with Gasteiger partial charge in [-0.1, -0.05) is 6.08 Å². The summed E-state index contributed by atoms with van der Waals surface area (Å²) in [6.07, 6.45) is 7.94. The quantitative estimate of drug-likeness (QED) is 0.492. The van der Waals surface area contributed by atoms with Gasteiger partial charge in [-0.3, -0.25) is 0 Å². The van der Waals surface area contributed by atoms with E-state index in [1.54, 1.807) is 0 Å². The van der Waals surface area contributed by atoms with Crippen molar-refractivity contribution in [3.63, 3.8) is 0 Å². The minimum atomic E-state index is -0.263. The van der Waals surface area contributed by atoms with Gasteiger partial charge in [0, 0.05) is 5.92 Å². The van der Waals surface area contributed by atoms with Crippen molar-refractivity contribution in [2.24, 2.45) is 11.8 Å². The van der Waals surface area contributed by atoms with Crippen molar-refractivity contribution < 1.29 is 9.90 Å². The molecule has 0 aliphatic heterocycles. The lowest BCUT2D eigenvalue weighted by Crippen LogP contribution is -2.31. The van der Waals surface area contributed by atoms with Crippen LogP contribution in [0.3, 0.4) is 0 Å². The maximum absolute atomic E-state index is 10.8. The monoisotopic (exact) mass is 180 g/mol. The molecule has 0 aromatic heterocycles. The summed E-state index contributed by atoms with van der Waals surface area (Å²) in [5.41, 5.74) is 1.15. The van der Waals surface area contributed by atoms with E-state index in [2.05, 4.69) is 6.08 Å². The Morgan fingerprint density at radius 3 is 3.00 bits per heavy atom. The molecule has 0 unspecified atom stereocenters. The Balaban J connectivity index is 2.20. The third-order valence-corrected chi connectivity index (χ3v) is 3.38. The van der Waals surface area contributed by atoms with E-state index >= 15 is 0 Å². The van der Waals surface area contributed by atoms with Gasteiger partial charge >= 0.3 is 0 Å². The molecule has 1 saturated carbocycles. The van der Waals surface area contributed by atoms with Gasteiger partial charge in [0.25, 0.3) is 0 Å². The molecule has 0 bridgehead atoms. The topological polar surface area (TPSA) is 37.3 Å². The first kappa shape index (κ1) is 8.95. The van der Waals surface area contributed by atoms with Crippen LogP contribution in [0.25, 0.3) is 0 Å². The van der Waals surface area contributed by atoms with Gasteiger partial charge in [-0.05, 0) is 43.6 Å². The molecule has 0 radical (unpaired) electrons. The molecular formula is C11H16O2. The van der Waals surface area contributed by atoms with Gasteiger partial charge in [-0.25, -0.2) is 0 Å². The Hall–Kier alpha value is -0.630. The van der Waals surface area contributed by atoms with E-state index in [1.807, 2.05) is 0 Å². The Morgan fingerprint density at radius 1 is 1.38 bits per heavy atom. The number of aldehydes is 1. The molecule has 2 nitrogen and oxygen atoms in total. The van der Waals surface area contributed by atoms with Gasteiger partial charge in [0.2, 0.25) is 0 Å². The molecule has 0 saturated heterocycles. The maximum atomic E-state index is 10.8. The Bertz CT molecular complexity index is 232. The number of allylic oxidation sites excluding steroid dienone is 1. The second-order valence-electron chi connectivity index (χ2n) is 4.13. The highest BCUT2D eigenvalue weighted by atomic mass is 16.3. The molecular weight excluding hydrogens is 164 g/mol. The van der Waals surface area contributed by atoms with Crippen molar-refractivity contribution >= 4 is 6.29 Å². The van der Waals surface area contributed by atoms with E-state index in [1.165, 1.54) is 0 Å². The summed E-state index contributed by atoms with van der Waals surface area (Å²) in [5.74, 6) is 0.532. The summed E-state index contributed by atoms with van der Waals surface area (Å²) in [7, 11) is 0. The van der Waals surface area contributed by atoms with Crippen LogP contribution in [0.4, 0.5) is 0 Å². The first-order chi connectivity index (χ1) is 6.33. The zero-order valence-electron chi connectivity index (χ0n) is 7.78. The summed E-state index contributed by atoms with van der Waals surface area (Å²) < 4.78 is 0. The number of carbonyl (C=O) groups excluding carboxylic acids is 1. The molecule has 0 heterocycles. The fourth-order valence-corrected chi connectivity index (χ4v) is 2.67. The number of aliphatic hydroxyl groups excluding tert-OH is 1. The van der Waals surface area contributed by atoms with Crippen molar-refractivity contribution in [2.75, 3.05) is 0 Å². The molecule has 2 aliphatic carbocycles. The Morgan fingerprint density at radius 2 is 2.23 bits per heavy atom. The number of hydrogen-bond acceptors (Lipinski definition) is 2. The molecule has 72 valence electrons. The summed E-state index contributed by atoms with van der Waals surface area (Å²) in [4.78, 5) is 10.8. The second-order valence-corrected chi connectivity index (χ2v) is 4.13. The molecule has 0 spiro atoms. The van der Waals surface area contributed by atoms with E-state index in [-0.39, 0.29) is 12.0 Å². The van der Waals surface area contributed by atoms with Crippen LogP contribution in [0.5, 0.6) is 0 Å². The fraction of sp³-hybridized carbons (Fsp3) is 0.727. The molecule has 1 N–H and O–H groups in total. The number of fused-ring (bicyclic) bond motifs is 1. The minimum absolute atomic E-state index is 0.176. The molecule has 1 fully saturated rings. The van der Waals surface area contributed by atoms with E-state index in [4.69, 9.17) is 0 Å². The first-order valence-electron chi connectivity index (χ1n) is 5.16. The van der Waals surface area contributed by atoms with Crippen molar-refractivity contribution in [1.29, 1.82) is 0 Å². The average molecular weight is 180 g/mol. The first-order valence-corrected chi connectivity index (χ1v) is 5.16. The van der Waals surface area contributed by atoms with Crippen molar-refractivity contribution in [2.45, 2.75) is 38.2 Å². The van der Waals surface area contributed by atoms with Crippen LogP contribution >= 0.6 is 0 Å². The number of carbonyl (C=O) groups is 1. The molecule has 2 heteroatoms. The van der Waals surface area contributed by atoms with Gasteiger partial charge in [0.05, 0.1) is 6.10 Å². The van der Waals surface area contributed by atoms with E-state index in [9.17, 15) is 9.90 Å². The molecule has 0 aromatic rings. The molecule has 2 aliphatic rings. The maximum Gasteiger partial charge on any atom is 0.123 e. The highest BCUT2D eigenvalue weighted by molar-refractivity contribution is 5.56. The van der Waals surface area contributed by atoms with E-state index < -0.39 is 0 Å². The van der Waals surface area contributed by atoms with Gasteiger partial charge in [-0.2, -0.15) is 0 Å². The van der Waals surface area contributed by atoms with Crippen molar-refractivity contribution in [3.05, 3.63) is 11.6 Å². The van der Waals surface area contributed by atoms with Gasteiger partial charge in [-0.15, -0.1) is 0 Å².